The number of carboxylic acids is 1. The Bertz CT molecular complexity index is 1630. The van der Waals surface area contributed by atoms with Gasteiger partial charge in [-0.2, -0.15) is 15.0 Å². The molecule has 0 saturated carbocycles. The molecule has 0 aliphatic carbocycles. The predicted molar refractivity (Wildman–Crippen MR) is 142 cm³/mol. The Hall–Kier alpha value is -4.85. The zero-order chi connectivity index (χ0) is 27.6. The summed E-state index contributed by atoms with van der Waals surface area (Å²) in [7, 11) is 2.82. The number of nitrogens with one attached hydrogen (secondary N) is 1. The zero-order valence-electron chi connectivity index (χ0n) is 20.9. The molecule has 0 fully saturated rings. The molecule has 0 aliphatic rings. The van der Waals surface area contributed by atoms with Crippen LogP contribution in [0, 0.1) is 0 Å². The molecule has 38 heavy (non-hydrogen) atoms. The average molecular weight is 537 g/mol. The minimum atomic E-state index is -4.20. The summed E-state index contributed by atoms with van der Waals surface area (Å²) in [6.07, 6.45) is 0. The van der Waals surface area contributed by atoms with E-state index in [-0.39, 0.29) is 44.3 Å². The number of fused-ring (bicyclic) bond motifs is 1. The van der Waals surface area contributed by atoms with Crippen molar-refractivity contribution in [2.45, 2.75) is 4.90 Å². The van der Waals surface area contributed by atoms with Crippen LogP contribution in [0.2, 0.25) is 0 Å². The van der Waals surface area contributed by atoms with Crippen molar-refractivity contribution in [3.8, 4) is 5.75 Å². The van der Waals surface area contributed by atoms with Crippen LogP contribution in [0.15, 0.2) is 69.7 Å². The van der Waals surface area contributed by atoms with Crippen LogP contribution >= 0.6 is 0 Å². The Labute approximate surface area is 218 Å². The highest BCUT2D eigenvalue weighted by atomic mass is 32.2. The van der Waals surface area contributed by atoms with Gasteiger partial charge in [-0.1, -0.05) is 24.3 Å². The molecular formula is C24H24N8O5S. The number of phenols is 1. The first-order valence-electron chi connectivity index (χ1n) is 11.1. The molecular weight excluding hydrogens is 512 g/mol. The number of hydrogen-bond donors (Lipinski definition) is 3. The van der Waals surface area contributed by atoms with Gasteiger partial charge in [0.1, 0.15) is 5.69 Å². The van der Waals surface area contributed by atoms with Crippen LogP contribution in [-0.4, -0.2) is 67.7 Å². The number of carbonyl (C=O) groups is 1. The lowest BCUT2D eigenvalue weighted by Crippen LogP contribution is -2.18. The molecule has 4 aromatic rings. The number of sulfonamides is 1. The average Bonchev–Trinajstić information content (AvgIpc) is 2.88. The molecule has 196 valence electrons. The van der Waals surface area contributed by atoms with E-state index in [2.05, 4.69) is 29.9 Å². The summed E-state index contributed by atoms with van der Waals surface area (Å²) in [6.45, 7) is 0. The van der Waals surface area contributed by atoms with Crippen molar-refractivity contribution in [1.29, 1.82) is 0 Å². The molecule has 0 bridgehead atoms. The van der Waals surface area contributed by atoms with Gasteiger partial charge in [0.25, 0.3) is 16.0 Å². The Morgan fingerprint density at radius 2 is 1.45 bits per heavy atom. The third-order valence-corrected chi connectivity index (χ3v) is 6.70. The third-order valence-electron chi connectivity index (χ3n) is 5.28. The number of aromatic hydroxyl groups is 1. The number of anilines is 3. The molecule has 0 aliphatic heterocycles. The number of benzene rings is 3. The summed E-state index contributed by atoms with van der Waals surface area (Å²) < 4.78 is 29.2. The van der Waals surface area contributed by atoms with Gasteiger partial charge in [-0.3, -0.25) is 4.72 Å². The summed E-state index contributed by atoms with van der Waals surface area (Å²) in [6, 6.07) is 12.8. The van der Waals surface area contributed by atoms with E-state index in [1.807, 2.05) is 0 Å². The molecule has 0 amide bonds. The molecule has 0 unspecified atom stereocenters. The number of azo groups is 1. The van der Waals surface area contributed by atoms with Gasteiger partial charge in [0.2, 0.25) is 11.9 Å². The summed E-state index contributed by atoms with van der Waals surface area (Å²) in [4.78, 5) is 27.0. The van der Waals surface area contributed by atoms with Crippen LogP contribution in [0.4, 0.5) is 29.2 Å². The Kier molecular flexibility index (Phi) is 7.08. The van der Waals surface area contributed by atoms with Gasteiger partial charge in [-0.05, 0) is 30.3 Å². The fourth-order valence-electron chi connectivity index (χ4n) is 3.39. The summed E-state index contributed by atoms with van der Waals surface area (Å²) in [5.74, 6) is -0.777. The van der Waals surface area contributed by atoms with Gasteiger partial charge in [0, 0.05) is 44.7 Å². The predicted octanol–water partition coefficient (Wildman–Crippen LogP) is 3.78. The summed E-state index contributed by atoms with van der Waals surface area (Å²) >= 11 is 0. The van der Waals surface area contributed by atoms with E-state index in [4.69, 9.17) is 5.11 Å². The Morgan fingerprint density at radius 3 is 2.00 bits per heavy atom. The maximum absolute atomic E-state index is 13.4. The molecule has 0 atom stereocenters. The van der Waals surface area contributed by atoms with E-state index >= 15 is 0 Å². The van der Waals surface area contributed by atoms with E-state index in [9.17, 15) is 18.3 Å². The first kappa shape index (κ1) is 26.2. The van der Waals surface area contributed by atoms with Crippen LogP contribution in [0.25, 0.3) is 10.8 Å². The van der Waals surface area contributed by atoms with E-state index < -0.39 is 16.0 Å². The van der Waals surface area contributed by atoms with Gasteiger partial charge in [-0.15, -0.1) is 10.2 Å². The van der Waals surface area contributed by atoms with Crippen molar-refractivity contribution >= 4 is 56.0 Å². The number of nitrogens with zero attached hydrogens (tertiary/aromatic N) is 7. The zero-order valence-corrected chi connectivity index (χ0v) is 21.7. The summed E-state index contributed by atoms with van der Waals surface area (Å²) in [5.41, 5.74) is 0.0513. The van der Waals surface area contributed by atoms with Gasteiger partial charge >= 0.3 is 5.97 Å². The number of phenolic OH excluding ortho intramolecular Hbond substituents is 1. The van der Waals surface area contributed by atoms with Crippen LogP contribution in [0.5, 0.6) is 5.75 Å². The number of hydrogen-bond acceptors (Lipinski definition) is 11. The van der Waals surface area contributed by atoms with Gasteiger partial charge in [-0.25, -0.2) is 13.2 Å². The first-order chi connectivity index (χ1) is 18.0. The van der Waals surface area contributed by atoms with E-state index in [1.165, 1.54) is 30.3 Å². The molecule has 0 radical (unpaired) electrons. The van der Waals surface area contributed by atoms with Crippen LogP contribution in [0.1, 0.15) is 10.4 Å². The van der Waals surface area contributed by atoms with Crippen LogP contribution in [0.3, 0.4) is 0 Å². The third kappa shape index (κ3) is 5.44. The molecule has 3 aromatic carbocycles. The number of aromatic nitrogens is 3. The normalized spacial score (nSPS) is 11.6. The van der Waals surface area contributed by atoms with E-state index in [0.717, 1.165) is 0 Å². The number of rotatable bonds is 8. The molecule has 13 nitrogen and oxygen atoms in total. The van der Waals surface area contributed by atoms with Crippen molar-refractivity contribution < 1.29 is 23.4 Å². The van der Waals surface area contributed by atoms with Crippen molar-refractivity contribution in [2.75, 3.05) is 42.7 Å². The monoisotopic (exact) mass is 536 g/mol. The first-order valence-corrected chi connectivity index (χ1v) is 12.6. The molecule has 0 saturated heterocycles. The minimum Gasteiger partial charge on any atom is -0.505 e. The number of carboxylic acid groups (broad SMARTS) is 1. The molecule has 1 heterocycles. The smallest absolute Gasteiger partial charge is 0.335 e. The fraction of sp³-hybridized carbons (Fsp3) is 0.167. The second kappa shape index (κ2) is 10.3. The minimum absolute atomic E-state index is 0.0129. The largest absolute Gasteiger partial charge is 0.505 e. The molecule has 1 aromatic heterocycles. The maximum atomic E-state index is 13.4. The van der Waals surface area contributed by atoms with E-state index in [0.29, 0.717) is 11.9 Å². The number of aromatic carboxylic acids is 1. The highest BCUT2D eigenvalue weighted by Crippen LogP contribution is 2.40. The topological polar surface area (TPSA) is 174 Å². The second-order valence-electron chi connectivity index (χ2n) is 8.50. The van der Waals surface area contributed by atoms with Crippen LogP contribution in [-0.2, 0) is 10.0 Å². The quantitative estimate of drug-likeness (QED) is 0.281. The Balaban J connectivity index is 1.79. The molecule has 3 N–H and O–H groups in total. The van der Waals surface area contributed by atoms with Gasteiger partial charge < -0.3 is 20.0 Å². The lowest BCUT2D eigenvalue weighted by molar-refractivity contribution is 0.0697. The molecule has 4 rings (SSSR count). The highest BCUT2D eigenvalue weighted by Gasteiger charge is 2.22. The Morgan fingerprint density at radius 1 is 0.868 bits per heavy atom. The maximum Gasteiger partial charge on any atom is 0.335 e. The van der Waals surface area contributed by atoms with Gasteiger partial charge in [0.05, 0.1) is 10.5 Å². The lowest BCUT2D eigenvalue weighted by atomic mass is 10.1. The van der Waals surface area contributed by atoms with Crippen LogP contribution < -0.4 is 14.5 Å². The highest BCUT2D eigenvalue weighted by molar-refractivity contribution is 7.93. The van der Waals surface area contributed by atoms with Gasteiger partial charge in [0.15, 0.2) is 5.75 Å². The van der Waals surface area contributed by atoms with Crippen molar-refractivity contribution in [3.05, 3.63) is 60.2 Å². The lowest BCUT2D eigenvalue weighted by Gasteiger charge is -2.15. The standard InChI is InChI=1S/C24H24N8O5S/c1-31(2)23-25-22(26-24(27-23)32(3)4)29-28-18-13-19(16-7-5-6-8-17(16)20(18)33)38(36,37)30-15-11-9-14(10-12-15)21(34)35/h5-13,30,33H,1-4H3,(H,34,35)/b29-28+. The molecule has 14 heteroatoms. The van der Waals surface area contributed by atoms with Crippen molar-refractivity contribution in [1.82, 2.24) is 15.0 Å². The second-order valence-corrected chi connectivity index (χ2v) is 10.2. The summed E-state index contributed by atoms with van der Waals surface area (Å²) in [5, 5.41) is 28.6. The van der Waals surface area contributed by atoms with Crippen molar-refractivity contribution in [3.63, 3.8) is 0 Å². The molecule has 0 spiro atoms. The fourth-order valence-corrected chi connectivity index (χ4v) is 4.68. The van der Waals surface area contributed by atoms with Crippen molar-refractivity contribution in [2.24, 2.45) is 10.2 Å². The van der Waals surface area contributed by atoms with E-state index in [1.54, 1.807) is 62.3 Å². The SMILES string of the molecule is CN(C)c1nc(/N=N/c2cc(S(=O)(=O)Nc3ccc(C(=O)O)cc3)c3ccccc3c2O)nc(N(C)C)n1.